The van der Waals surface area contributed by atoms with Crippen LogP contribution in [0.15, 0.2) is 10.6 Å². The molecular weight excluding hydrogens is 204 g/mol. The number of nitrogens with zero attached hydrogens (tertiary/aromatic N) is 1. The minimum Gasteiger partial charge on any atom is -0.378 e. The molecule has 0 saturated carbocycles. The molecule has 0 bridgehead atoms. The van der Waals surface area contributed by atoms with Crippen LogP contribution >= 0.6 is 0 Å². The predicted molar refractivity (Wildman–Crippen MR) is 61.2 cm³/mol. The van der Waals surface area contributed by atoms with Gasteiger partial charge in [0.2, 0.25) is 0 Å². The maximum Gasteiger partial charge on any atom is 0.150 e. The van der Waals surface area contributed by atoms with Crippen molar-refractivity contribution >= 4 is 0 Å². The van der Waals surface area contributed by atoms with Crippen LogP contribution in [0.2, 0.25) is 0 Å². The Kier molecular flexibility index (Phi) is 4.36. The Morgan fingerprint density at radius 1 is 1.56 bits per heavy atom. The molecule has 1 aliphatic rings. The smallest absolute Gasteiger partial charge is 0.150 e. The largest absolute Gasteiger partial charge is 0.378 e. The quantitative estimate of drug-likeness (QED) is 0.751. The van der Waals surface area contributed by atoms with E-state index in [1.807, 2.05) is 13.0 Å². The van der Waals surface area contributed by atoms with E-state index in [1.165, 1.54) is 19.3 Å². The summed E-state index contributed by atoms with van der Waals surface area (Å²) >= 11 is 0. The molecule has 90 valence electrons. The molecule has 1 aromatic heterocycles. The Balaban J connectivity index is 1.51. The summed E-state index contributed by atoms with van der Waals surface area (Å²) in [6.07, 6.45) is 5.31. The first-order chi connectivity index (χ1) is 7.84. The van der Waals surface area contributed by atoms with E-state index in [2.05, 4.69) is 10.5 Å². The number of aryl methyl sites for hydroxylation is 1. The van der Waals surface area contributed by atoms with Gasteiger partial charge in [0.25, 0.3) is 0 Å². The van der Waals surface area contributed by atoms with Crippen molar-refractivity contribution in [1.29, 1.82) is 0 Å². The lowest BCUT2D eigenvalue weighted by Crippen LogP contribution is -2.16. The molecule has 0 aliphatic carbocycles. The summed E-state index contributed by atoms with van der Waals surface area (Å²) in [5.41, 5.74) is 0.941. The van der Waals surface area contributed by atoms with Crippen molar-refractivity contribution < 1.29 is 9.26 Å². The van der Waals surface area contributed by atoms with Gasteiger partial charge in [0.05, 0.1) is 18.3 Å². The third-order valence-corrected chi connectivity index (χ3v) is 2.88. The molecule has 16 heavy (non-hydrogen) atoms. The van der Waals surface area contributed by atoms with E-state index in [0.717, 1.165) is 37.6 Å². The fourth-order valence-corrected chi connectivity index (χ4v) is 2.04. The monoisotopic (exact) mass is 224 g/mol. The molecule has 0 aromatic carbocycles. The van der Waals surface area contributed by atoms with E-state index in [-0.39, 0.29) is 0 Å². The highest BCUT2D eigenvalue weighted by Gasteiger charge is 2.14. The number of aromatic nitrogens is 1. The van der Waals surface area contributed by atoms with E-state index in [0.29, 0.717) is 6.10 Å². The third-order valence-electron chi connectivity index (χ3n) is 2.88. The van der Waals surface area contributed by atoms with Gasteiger partial charge in [-0.1, -0.05) is 5.16 Å². The Labute approximate surface area is 96.3 Å². The second kappa shape index (κ2) is 6.01. The molecule has 0 spiro atoms. The first kappa shape index (κ1) is 11.6. The van der Waals surface area contributed by atoms with Crippen molar-refractivity contribution in [2.24, 2.45) is 0 Å². The molecular formula is C12H20N2O2. The van der Waals surface area contributed by atoms with Gasteiger partial charge in [-0.05, 0) is 39.2 Å². The fourth-order valence-electron chi connectivity index (χ4n) is 2.04. The molecule has 1 fully saturated rings. The topological polar surface area (TPSA) is 47.3 Å². The van der Waals surface area contributed by atoms with Crippen LogP contribution in [0.1, 0.15) is 37.1 Å². The summed E-state index contributed by atoms with van der Waals surface area (Å²) in [7, 11) is 0. The van der Waals surface area contributed by atoms with Crippen molar-refractivity contribution in [3.05, 3.63) is 17.5 Å². The van der Waals surface area contributed by atoms with Gasteiger partial charge < -0.3 is 14.6 Å². The van der Waals surface area contributed by atoms with E-state index in [4.69, 9.17) is 9.26 Å². The summed E-state index contributed by atoms with van der Waals surface area (Å²) in [6.45, 7) is 4.67. The molecule has 1 aromatic rings. The van der Waals surface area contributed by atoms with Gasteiger partial charge in [0, 0.05) is 12.7 Å². The first-order valence-corrected chi connectivity index (χ1v) is 6.09. The Hall–Kier alpha value is -0.870. The summed E-state index contributed by atoms with van der Waals surface area (Å²) in [5.74, 6) is 0.912. The van der Waals surface area contributed by atoms with Crippen molar-refractivity contribution in [2.75, 3.05) is 13.2 Å². The van der Waals surface area contributed by atoms with Crippen LogP contribution < -0.4 is 5.32 Å². The highest BCUT2D eigenvalue weighted by molar-refractivity contribution is 5.02. The predicted octanol–water partition coefficient (Wildman–Crippen LogP) is 2.03. The van der Waals surface area contributed by atoms with E-state index in [9.17, 15) is 0 Å². The average molecular weight is 224 g/mol. The molecule has 1 N–H and O–H groups in total. The van der Waals surface area contributed by atoms with Gasteiger partial charge in [0.1, 0.15) is 0 Å². The third kappa shape index (κ3) is 3.61. The van der Waals surface area contributed by atoms with Crippen LogP contribution in [0.5, 0.6) is 0 Å². The highest BCUT2D eigenvalue weighted by Crippen LogP contribution is 2.16. The number of hydrogen-bond donors (Lipinski definition) is 1. The van der Waals surface area contributed by atoms with Gasteiger partial charge >= 0.3 is 0 Å². The maximum absolute atomic E-state index is 5.56. The molecule has 4 nitrogen and oxygen atoms in total. The normalized spacial score (nSPS) is 20.4. The van der Waals surface area contributed by atoms with Gasteiger partial charge in [-0.15, -0.1) is 0 Å². The summed E-state index contributed by atoms with van der Waals surface area (Å²) in [6, 6.07) is 1.97. The van der Waals surface area contributed by atoms with Crippen LogP contribution in [-0.2, 0) is 11.3 Å². The number of hydrogen-bond acceptors (Lipinski definition) is 4. The Bertz CT molecular complexity index is 306. The lowest BCUT2D eigenvalue weighted by molar-refractivity contribution is 0.102. The average Bonchev–Trinajstić information content (AvgIpc) is 2.89. The molecule has 4 heteroatoms. The molecule has 0 amide bonds. The van der Waals surface area contributed by atoms with Gasteiger partial charge in [0.15, 0.2) is 5.76 Å². The highest BCUT2D eigenvalue weighted by atomic mass is 16.5. The Morgan fingerprint density at radius 2 is 2.50 bits per heavy atom. The van der Waals surface area contributed by atoms with E-state index in [1.54, 1.807) is 0 Å². The minimum absolute atomic E-state index is 0.509. The second-order valence-corrected chi connectivity index (χ2v) is 4.39. The van der Waals surface area contributed by atoms with Gasteiger partial charge in [-0.2, -0.15) is 0 Å². The van der Waals surface area contributed by atoms with Crippen LogP contribution in [0, 0.1) is 6.92 Å². The zero-order valence-electron chi connectivity index (χ0n) is 9.87. The number of nitrogens with one attached hydrogen (secondary N) is 1. The summed E-state index contributed by atoms with van der Waals surface area (Å²) in [5, 5.41) is 7.19. The zero-order valence-corrected chi connectivity index (χ0v) is 9.87. The van der Waals surface area contributed by atoms with E-state index < -0.39 is 0 Å². The van der Waals surface area contributed by atoms with Crippen LogP contribution in [0.3, 0.4) is 0 Å². The van der Waals surface area contributed by atoms with Gasteiger partial charge in [-0.25, -0.2) is 0 Å². The standard InChI is InChI=1S/C12H20N2O2/c1-10-8-12(16-14-10)9-13-6-2-4-11-5-3-7-15-11/h8,11,13H,2-7,9H2,1H3. The maximum atomic E-state index is 5.56. The van der Waals surface area contributed by atoms with Crippen LogP contribution in [0.25, 0.3) is 0 Å². The summed E-state index contributed by atoms with van der Waals surface area (Å²) in [4.78, 5) is 0. The molecule has 1 saturated heterocycles. The lowest BCUT2D eigenvalue weighted by atomic mass is 10.1. The van der Waals surface area contributed by atoms with Gasteiger partial charge in [-0.3, -0.25) is 0 Å². The van der Waals surface area contributed by atoms with Crippen molar-refractivity contribution in [2.45, 2.75) is 45.3 Å². The fraction of sp³-hybridized carbons (Fsp3) is 0.750. The summed E-state index contributed by atoms with van der Waals surface area (Å²) < 4.78 is 10.7. The molecule has 1 aliphatic heterocycles. The molecule has 1 atom stereocenters. The van der Waals surface area contributed by atoms with Crippen molar-refractivity contribution in [3.8, 4) is 0 Å². The molecule has 2 rings (SSSR count). The van der Waals surface area contributed by atoms with Crippen LogP contribution in [0.4, 0.5) is 0 Å². The SMILES string of the molecule is Cc1cc(CNCCCC2CCCO2)on1. The van der Waals surface area contributed by atoms with E-state index >= 15 is 0 Å². The Morgan fingerprint density at radius 3 is 3.19 bits per heavy atom. The number of rotatable bonds is 6. The molecule has 0 radical (unpaired) electrons. The number of ether oxygens (including phenoxy) is 1. The molecule has 2 heterocycles. The second-order valence-electron chi connectivity index (χ2n) is 4.39. The first-order valence-electron chi connectivity index (χ1n) is 6.09. The lowest BCUT2D eigenvalue weighted by Gasteiger charge is -2.08. The zero-order chi connectivity index (χ0) is 11.2. The molecule has 1 unspecified atom stereocenters. The van der Waals surface area contributed by atoms with Crippen molar-refractivity contribution in [1.82, 2.24) is 10.5 Å². The van der Waals surface area contributed by atoms with Crippen molar-refractivity contribution in [3.63, 3.8) is 0 Å². The minimum atomic E-state index is 0.509. The van der Waals surface area contributed by atoms with Crippen LogP contribution in [-0.4, -0.2) is 24.4 Å².